The maximum absolute atomic E-state index is 15.2. The van der Waals surface area contributed by atoms with Gasteiger partial charge in [-0.25, -0.2) is 4.39 Å². The molecule has 0 saturated carbocycles. The summed E-state index contributed by atoms with van der Waals surface area (Å²) in [7, 11) is 0. The number of fused-ring (bicyclic) bond motifs is 1. The molecule has 2 heterocycles. The molecule has 0 aromatic heterocycles. The second-order valence-electron chi connectivity index (χ2n) is 9.63. The third-order valence-electron chi connectivity index (χ3n) is 6.96. The van der Waals surface area contributed by atoms with Gasteiger partial charge in [-0.15, -0.1) is 0 Å². The van der Waals surface area contributed by atoms with E-state index in [1.54, 1.807) is 12.1 Å². The highest BCUT2D eigenvalue weighted by atomic mass is 35.5. The summed E-state index contributed by atoms with van der Waals surface area (Å²) in [6.45, 7) is 4.34. The molecule has 37 heavy (non-hydrogen) atoms. The van der Waals surface area contributed by atoms with Crippen molar-refractivity contribution >= 4 is 22.7 Å². The van der Waals surface area contributed by atoms with Crippen molar-refractivity contribution in [2.45, 2.75) is 32.3 Å². The van der Waals surface area contributed by atoms with Gasteiger partial charge in [0.1, 0.15) is 29.2 Å². The minimum Gasteiger partial charge on any atom is -0.506 e. The van der Waals surface area contributed by atoms with Gasteiger partial charge in [0.05, 0.1) is 18.3 Å². The molecule has 194 valence electrons. The molecular weight excluding hydrogens is 496 g/mol. The lowest BCUT2D eigenvalue weighted by molar-refractivity contribution is 0.198. The standard InChI is InChI=1S/C30H30ClF2NO3/c1-19-3-8-23(27(33)15-19)24-10-14-36-29-17-28(35)26(31)16-25(29)30(24)20-4-6-21(7-5-20)37-22-9-13-34(18-22)12-2-11-32/h3-8,15-17,22,35H,2,9-14,18H2,1H3/t22-/m0/s1. The zero-order valence-corrected chi connectivity index (χ0v) is 21.5. The largest absolute Gasteiger partial charge is 0.506 e. The Morgan fingerprint density at radius 2 is 1.92 bits per heavy atom. The lowest BCUT2D eigenvalue weighted by atomic mass is 9.87. The second kappa shape index (κ2) is 11.1. The summed E-state index contributed by atoms with van der Waals surface area (Å²) in [6.07, 6.45) is 2.00. The van der Waals surface area contributed by atoms with Crippen LogP contribution in [0.1, 0.15) is 41.5 Å². The molecule has 1 fully saturated rings. The highest BCUT2D eigenvalue weighted by Crippen LogP contribution is 2.45. The van der Waals surface area contributed by atoms with Gasteiger partial charge >= 0.3 is 0 Å². The maximum atomic E-state index is 15.2. The smallest absolute Gasteiger partial charge is 0.137 e. The Morgan fingerprint density at radius 1 is 1.11 bits per heavy atom. The predicted octanol–water partition coefficient (Wildman–Crippen LogP) is 7.05. The van der Waals surface area contributed by atoms with Crippen molar-refractivity contribution in [2.75, 3.05) is 32.9 Å². The van der Waals surface area contributed by atoms with Crippen molar-refractivity contribution in [1.29, 1.82) is 0 Å². The van der Waals surface area contributed by atoms with Gasteiger partial charge < -0.3 is 14.6 Å². The molecule has 5 rings (SSSR count). The number of benzene rings is 3. The lowest BCUT2D eigenvalue weighted by Gasteiger charge is -2.18. The number of hydrogen-bond acceptors (Lipinski definition) is 4. The van der Waals surface area contributed by atoms with Gasteiger partial charge in [-0.05, 0) is 66.3 Å². The summed E-state index contributed by atoms with van der Waals surface area (Å²) in [4.78, 5) is 2.23. The fraction of sp³-hybridized carbons (Fsp3) is 0.333. The summed E-state index contributed by atoms with van der Waals surface area (Å²) >= 11 is 6.31. The zero-order chi connectivity index (χ0) is 25.9. The van der Waals surface area contributed by atoms with Crippen LogP contribution in [0.5, 0.6) is 17.2 Å². The first-order valence-electron chi connectivity index (χ1n) is 12.6. The van der Waals surface area contributed by atoms with Crippen LogP contribution in [0.2, 0.25) is 5.02 Å². The highest BCUT2D eigenvalue weighted by molar-refractivity contribution is 6.32. The highest BCUT2D eigenvalue weighted by Gasteiger charge is 2.26. The van der Waals surface area contributed by atoms with Gasteiger partial charge in [-0.2, -0.15) is 0 Å². The van der Waals surface area contributed by atoms with Crippen LogP contribution in [0.4, 0.5) is 8.78 Å². The molecule has 0 bridgehead atoms. The lowest BCUT2D eigenvalue weighted by Crippen LogP contribution is -2.26. The molecule has 3 aromatic carbocycles. The Morgan fingerprint density at radius 3 is 2.68 bits per heavy atom. The zero-order valence-electron chi connectivity index (χ0n) is 20.8. The number of alkyl halides is 1. The number of phenolic OH excluding ortho intramolecular Hbond substituents is 1. The number of likely N-dealkylation sites (tertiary alicyclic amines) is 1. The second-order valence-corrected chi connectivity index (χ2v) is 10.0. The molecule has 0 amide bonds. The number of hydrogen-bond donors (Lipinski definition) is 1. The molecule has 4 nitrogen and oxygen atoms in total. The number of ether oxygens (including phenoxy) is 2. The summed E-state index contributed by atoms with van der Waals surface area (Å²) in [6, 6.07) is 16.2. The van der Waals surface area contributed by atoms with E-state index in [0.29, 0.717) is 36.3 Å². The number of aryl methyl sites for hydroxylation is 1. The van der Waals surface area contributed by atoms with Crippen LogP contribution < -0.4 is 9.47 Å². The van der Waals surface area contributed by atoms with E-state index in [0.717, 1.165) is 54.1 Å². The Balaban J connectivity index is 1.51. The first kappa shape index (κ1) is 25.6. The number of phenols is 1. The van der Waals surface area contributed by atoms with Crippen molar-refractivity contribution in [2.24, 2.45) is 0 Å². The summed E-state index contributed by atoms with van der Waals surface area (Å²) in [5.74, 6) is 0.891. The van der Waals surface area contributed by atoms with Crippen LogP contribution in [0.15, 0.2) is 54.6 Å². The van der Waals surface area contributed by atoms with Gasteiger partial charge in [0.25, 0.3) is 0 Å². The van der Waals surface area contributed by atoms with Crippen molar-refractivity contribution in [3.05, 3.63) is 87.7 Å². The third-order valence-corrected chi connectivity index (χ3v) is 7.27. The summed E-state index contributed by atoms with van der Waals surface area (Å²) < 4.78 is 39.9. The number of aromatic hydroxyl groups is 1. The molecule has 0 radical (unpaired) electrons. The summed E-state index contributed by atoms with van der Waals surface area (Å²) in [5, 5.41) is 10.4. The first-order chi connectivity index (χ1) is 17.9. The van der Waals surface area contributed by atoms with E-state index in [1.165, 1.54) is 12.1 Å². The van der Waals surface area contributed by atoms with Crippen LogP contribution in [0, 0.1) is 12.7 Å². The van der Waals surface area contributed by atoms with Crippen LogP contribution in [0.25, 0.3) is 11.1 Å². The molecule has 1 N–H and O–H groups in total. The Kier molecular flexibility index (Phi) is 7.68. The monoisotopic (exact) mass is 525 g/mol. The van der Waals surface area contributed by atoms with E-state index in [-0.39, 0.29) is 29.4 Å². The van der Waals surface area contributed by atoms with Crippen molar-refractivity contribution < 1.29 is 23.4 Å². The maximum Gasteiger partial charge on any atom is 0.137 e. The molecule has 2 aliphatic rings. The van der Waals surface area contributed by atoms with E-state index in [2.05, 4.69) is 4.90 Å². The molecule has 2 aliphatic heterocycles. The fourth-order valence-corrected chi connectivity index (χ4v) is 5.31. The van der Waals surface area contributed by atoms with Gasteiger partial charge in [-0.1, -0.05) is 35.9 Å². The van der Waals surface area contributed by atoms with Crippen molar-refractivity contribution in [1.82, 2.24) is 4.90 Å². The van der Waals surface area contributed by atoms with E-state index in [4.69, 9.17) is 21.1 Å². The normalized spacial score (nSPS) is 17.9. The van der Waals surface area contributed by atoms with E-state index < -0.39 is 0 Å². The average Bonchev–Trinajstić information content (AvgIpc) is 3.25. The van der Waals surface area contributed by atoms with Crippen LogP contribution >= 0.6 is 11.6 Å². The number of halogens is 3. The van der Waals surface area contributed by atoms with Crippen LogP contribution in [-0.2, 0) is 0 Å². The molecule has 3 aromatic rings. The molecule has 1 saturated heterocycles. The molecule has 1 atom stereocenters. The number of rotatable bonds is 7. The van der Waals surface area contributed by atoms with Crippen LogP contribution in [0.3, 0.4) is 0 Å². The third kappa shape index (κ3) is 5.60. The van der Waals surface area contributed by atoms with E-state index in [9.17, 15) is 9.50 Å². The Bertz CT molecular complexity index is 1310. The number of nitrogens with zero attached hydrogens (tertiary/aromatic N) is 1. The average molecular weight is 526 g/mol. The van der Waals surface area contributed by atoms with Crippen molar-refractivity contribution in [3.63, 3.8) is 0 Å². The van der Waals surface area contributed by atoms with Crippen LogP contribution in [-0.4, -0.2) is 49.0 Å². The fourth-order valence-electron chi connectivity index (χ4n) is 5.14. The van der Waals surface area contributed by atoms with E-state index in [1.807, 2.05) is 37.3 Å². The Hall–Kier alpha value is -3.09. The van der Waals surface area contributed by atoms with Gasteiger partial charge in [-0.3, -0.25) is 9.29 Å². The Labute approximate surface area is 221 Å². The summed E-state index contributed by atoms with van der Waals surface area (Å²) in [5.41, 5.74) is 4.54. The molecule has 0 unspecified atom stereocenters. The molecular formula is C30H30ClF2NO3. The SMILES string of the molecule is Cc1ccc(C2=C(c3ccc(O[C@H]4CCN(CCCF)C4)cc3)c3cc(Cl)c(O)cc3OCC2)c(F)c1. The minimum absolute atomic E-state index is 0.0643. The molecule has 0 aliphatic carbocycles. The topological polar surface area (TPSA) is 41.9 Å². The quantitative estimate of drug-likeness (QED) is 0.359. The minimum atomic E-state index is -0.299. The molecule has 7 heteroatoms. The predicted molar refractivity (Wildman–Crippen MR) is 143 cm³/mol. The van der Waals surface area contributed by atoms with Crippen molar-refractivity contribution in [3.8, 4) is 17.2 Å². The van der Waals surface area contributed by atoms with Gasteiger partial charge in [0.2, 0.25) is 0 Å². The molecule has 0 spiro atoms. The van der Waals surface area contributed by atoms with E-state index >= 15 is 4.39 Å². The van der Waals surface area contributed by atoms with Gasteiger partial charge in [0.15, 0.2) is 0 Å². The first-order valence-corrected chi connectivity index (χ1v) is 13.0. The van der Waals surface area contributed by atoms with Gasteiger partial charge in [0, 0.05) is 43.2 Å².